The van der Waals surface area contributed by atoms with Gasteiger partial charge in [-0.2, -0.15) is 0 Å². The minimum absolute atomic E-state index is 0.0444. The number of nitrogens with one attached hydrogen (secondary N) is 2. The monoisotopic (exact) mass is 408 g/mol. The Morgan fingerprint density at radius 3 is 2.77 bits per heavy atom. The van der Waals surface area contributed by atoms with Gasteiger partial charge in [0.25, 0.3) is 0 Å². The van der Waals surface area contributed by atoms with Crippen LogP contribution in [0.25, 0.3) is 5.82 Å². The van der Waals surface area contributed by atoms with Crippen LogP contribution in [0, 0.1) is 0 Å². The van der Waals surface area contributed by atoms with Gasteiger partial charge in [0.15, 0.2) is 5.96 Å². The molecule has 0 aliphatic rings. The number of nitrogens with zero attached hydrogens (tertiary/aromatic N) is 4. The van der Waals surface area contributed by atoms with Crippen molar-refractivity contribution in [1.29, 1.82) is 0 Å². The quantitative estimate of drug-likeness (QED) is 0.418. The lowest BCUT2D eigenvalue weighted by molar-refractivity contribution is 0.223. The van der Waals surface area contributed by atoms with Crippen molar-refractivity contribution in [3.05, 3.63) is 66.9 Å². The first-order valence-corrected chi connectivity index (χ1v) is 9.94. The molecule has 0 saturated heterocycles. The molecule has 1 atom stereocenters. The van der Waals surface area contributed by atoms with Gasteiger partial charge in [-0.15, -0.1) is 0 Å². The zero-order valence-corrected chi connectivity index (χ0v) is 17.6. The summed E-state index contributed by atoms with van der Waals surface area (Å²) in [6.45, 7) is 5.96. The van der Waals surface area contributed by atoms with E-state index >= 15 is 0 Å². The fourth-order valence-electron chi connectivity index (χ4n) is 2.76. The maximum atomic E-state index is 5.95. The first-order valence-electron chi connectivity index (χ1n) is 9.94. The van der Waals surface area contributed by atoms with Crippen LogP contribution >= 0.6 is 0 Å². The molecule has 0 amide bonds. The first-order chi connectivity index (χ1) is 14.7. The number of hydrogen-bond acceptors (Lipinski definition) is 5. The van der Waals surface area contributed by atoms with Crippen LogP contribution in [-0.2, 0) is 6.54 Å². The molecule has 0 aliphatic carbocycles. The third kappa shape index (κ3) is 6.23. The summed E-state index contributed by atoms with van der Waals surface area (Å²) in [4.78, 5) is 13.1. The average molecular weight is 409 g/mol. The largest absolute Gasteiger partial charge is 0.497 e. The minimum Gasteiger partial charge on any atom is -0.497 e. The van der Waals surface area contributed by atoms with Crippen molar-refractivity contribution in [1.82, 2.24) is 25.2 Å². The zero-order chi connectivity index (χ0) is 21.2. The number of pyridine rings is 1. The highest BCUT2D eigenvalue weighted by molar-refractivity contribution is 5.79. The number of hydrogen-bond donors (Lipinski definition) is 2. The summed E-state index contributed by atoms with van der Waals surface area (Å²) >= 11 is 0. The molecule has 158 valence electrons. The lowest BCUT2D eigenvalue weighted by atomic mass is 10.3. The van der Waals surface area contributed by atoms with Crippen LogP contribution in [0.2, 0.25) is 0 Å². The number of imidazole rings is 1. The van der Waals surface area contributed by atoms with Gasteiger partial charge in [0.2, 0.25) is 0 Å². The molecule has 3 rings (SSSR count). The van der Waals surface area contributed by atoms with Crippen LogP contribution in [0.3, 0.4) is 0 Å². The van der Waals surface area contributed by atoms with Gasteiger partial charge in [0.1, 0.15) is 29.7 Å². The van der Waals surface area contributed by atoms with Gasteiger partial charge in [-0.25, -0.2) is 15.0 Å². The van der Waals surface area contributed by atoms with Crippen LogP contribution in [0.1, 0.15) is 19.4 Å². The first kappa shape index (κ1) is 21.2. The van der Waals surface area contributed by atoms with Gasteiger partial charge >= 0.3 is 0 Å². The number of aromatic nitrogens is 3. The van der Waals surface area contributed by atoms with Crippen molar-refractivity contribution in [3.63, 3.8) is 0 Å². The maximum Gasteiger partial charge on any atom is 0.191 e. The van der Waals surface area contributed by atoms with Crippen LogP contribution in [0.5, 0.6) is 11.5 Å². The molecular formula is C22H28N6O2. The molecule has 0 saturated carbocycles. The molecular weight excluding hydrogens is 380 g/mol. The fourth-order valence-corrected chi connectivity index (χ4v) is 2.76. The van der Waals surface area contributed by atoms with E-state index in [1.54, 1.807) is 19.6 Å². The number of aliphatic imine (C=N–C) groups is 1. The molecule has 0 aliphatic heterocycles. The molecule has 8 nitrogen and oxygen atoms in total. The Morgan fingerprint density at radius 2 is 2.07 bits per heavy atom. The molecule has 0 bridgehead atoms. The molecule has 2 aromatic heterocycles. The van der Waals surface area contributed by atoms with E-state index in [1.807, 2.05) is 67.2 Å². The third-order valence-corrected chi connectivity index (χ3v) is 4.28. The maximum absolute atomic E-state index is 5.95. The number of ether oxygens (including phenoxy) is 2. The Balaban J connectivity index is 1.53. The van der Waals surface area contributed by atoms with Gasteiger partial charge in [0, 0.05) is 31.2 Å². The minimum atomic E-state index is -0.0444. The van der Waals surface area contributed by atoms with Crippen molar-refractivity contribution in [2.45, 2.75) is 26.5 Å². The molecule has 2 heterocycles. The summed E-state index contributed by atoms with van der Waals surface area (Å²) < 4.78 is 13.1. The van der Waals surface area contributed by atoms with Gasteiger partial charge < -0.3 is 20.1 Å². The highest BCUT2D eigenvalue weighted by Crippen LogP contribution is 2.19. The molecule has 1 unspecified atom stereocenters. The van der Waals surface area contributed by atoms with Gasteiger partial charge in [-0.05, 0) is 37.6 Å². The lowest BCUT2D eigenvalue weighted by Gasteiger charge is -2.18. The van der Waals surface area contributed by atoms with Crippen LogP contribution in [-0.4, -0.2) is 46.8 Å². The number of guanidine groups is 1. The Hall–Kier alpha value is -3.55. The van der Waals surface area contributed by atoms with E-state index in [0.29, 0.717) is 13.1 Å². The average Bonchev–Trinajstić information content (AvgIpc) is 3.31. The summed E-state index contributed by atoms with van der Waals surface area (Å²) in [6.07, 6.45) is 7.10. The van der Waals surface area contributed by atoms with E-state index in [9.17, 15) is 0 Å². The van der Waals surface area contributed by atoms with E-state index in [0.717, 1.165) is 35.4 Å². The predicted molar refractivity (Wildman–Crippen MR) is 117 cm³/mol. The summed E-state index contributed by atoms with van der Waals surface area (Å²) in [5.41, 5.74) is 1.02. The summed E-state index contributed by atoms with van der Waals surface area (Å²) in [5, 5.41) is 6.58. The van der Waals surface area contributed by atoms with Gasteiger partial charge in [0.05, 0.1) is 20.2 Å². The van der Waals surface area contributed by atoms with Crippen molar-refractivity contribution in [3.8, 4) is 17.3 Å². The molecule has 8 heteroatoms. The number of benzene rings is 1. The second-order valence-corrected chi connectivity index (χ2v) is 6.68. The van der Waals surface area contributed by atoms with E-state index in [-0.39, 0.29) is 6.10 Å². The van der Waals surface area contributed by atoms with E-state index in [2.05, 4.69) is 25.6 Å². The zero-order valence-electron chi connectivity index (χ0n) is 17.6. The molecule has 2 N–H and O–H groups in total. The molecule has 30 heavy (non-hydrogen) atoms. The van der Waals surface area contributed by atoms with Crippen LogP contribution in [0.4, 0.5) is 0 Å². The van der Waals surface area contributed by atoms with Crippen molar-refractivity contribution < 1.29 is 9.47 Å². The van der Waals surface area contributed by atoms with Gasteiger partial charge in [-0.1, -0.05) is 12.1 Å². The lowest BCUT2D eigenvalue weighted by Crippen LogP contribution is -2.41. The van der Waals surface area contributed by atoms with E-state index in [1.165, 1.54) is 0 Å². The van der Waals surface area contributed by atoms with Crippen molar-refractivity contribution >= 4 is 5.96 Å². The Kier molecular flexibility index (Phi) is 7.65. The highest BCUT2D eigenvalue weighted by Gasteiger charge is 2.07. The molecule has 3 aromatic rings. The Morgan fingerprint density at radius 1 is 1.20 bits per heavy atom. The topological polar surface area (TPSA) is 85.6 Å². The van der Waals surface area contributed by atoms with E-state index < -0.39 is 0 Å². The Labute approximate surface area is 177 Å². The van der Waals surface area contributed by atoms with Gasteiger partial charge in [-0.3, -0.25) is 4.57 Å². The number of methoxy groups -OCH3 is 1. The van der Waals surface area contributed by atoms with Crippen molar-refractivity contribution in [2.75, 3.05) is 20.2 Å². The molecule has 1 aromatic carbocycles. The molecule has 0 radical (unpaired) electrons. The Bertz CT molecular complexity index is 925. The summed E-state index contributed by atoms with van der Waals surface area (Å²) in [6, 6.07) is 11.6. The number of rotatable bonds is 9. The highest BCUT2D eigenvalue weighted by atomic mass is 16.5. The predicted octanol–water partition coefficient (Wildman–Crippen LogP) is 2.80. The normalized spacial score (nSPS) is 12.3. The standard InChI is InChI=1S/C22H28N6O2/c1-4-24-22(26-13-17(2)30-20-7-5-6-19(12-20)29-3)27-15-18-8-9-21(25-14-18)28-11-10-23-16-28/h5-12,14,16-17H,4,13,15H2,1-3H3,(H2,24,26,27). The summed E-state index contributed by atoms with van der Waals surface area (Å²) in [7, 11) is 1.64. The second kappa shape index (κ2) is 10.8. The van der Waals surface area contributed by atoms with Crippen molar-refractivity contribution in [2.24, 2.45) is 4.99 Å². The molecule has 0 spiro atoms. The molecule has 0 fully saturated rings. The smallest absolute Gasteiger partial charge is 0.191 e. The summed E-state index contributed by atoms with van der Waals surface area (Å²) in [5.74, 6) is 3.11. The fraction of sp³-hybridized carbons (Fsp3) is 0.318. The SMILES string of the molecule is CCNC(=NCc1ccc(-n2ccnc2)nc1)NCC(C)Oc1cccc(OC)c1. The van der Waals surface area contributed by atoms with Crippen LogP contribution in [0.15, 0.2) is 66.3 Å². The van der Waals surface area contributed by atoms with E-state index in [4.69, 9.17) is 9.47 Å². The second-order valence-electron chi connectivity index (χ2n) is 6.68. The third-order valence-electron chi connectivity index (χ3n) is 4.28. The van der Waals surface area contributed by atoms with Crippen LogP contribution < -0.4 is 20.1 Å².